The minimum absolute atomic E-state index is 0.0476. The van der Waals surface area contributed by atoms with Crippen LogP contribution in [0.3, 0.4) is 0 Å². The molecule has 1 aliphatic heterocycles. The average Bonchev–Trinajstić information content (AvgIpc) is 3.24. The van der Waals surface area contributed by atoms with Gasteiger partial charge >= 0.3 is 0 Å². The molecule has 1 unspecified atom stereocenters. The highest BCUT2D eigenvalue weighted by atomic mass is 32.2. The van der Waals surface area contributed by atoms with Gasteiger partial charge in [0.25, 0.3) is 0 Å². The Morgan fingerprint density at radius 2 is 2.06 bits per heavy atom. The van der Waals surface area contributed by atoms with Crippen molar-refractivity contribution in [3.8, 4) is 11.4 Å². The maximum Gasteiger partial charge on any atom is 0.241 e. The molecule has 0 spiro atoms. The van der Waals surface area contributed by atoms with Crippen LogP contribution in [0.5, 0.6) is 0 Å². The van der Waals surface area contributed by atoms with Crippen molar-refractivity contribution in [3.05, 3.63) is 60.2 Å². The average molecular weight is 441 g/mol. The number of para-hydroxylation sites is 1. The van der Waals surface area contributed by atoms with E-state index in [0.29, 0.717) is 30.4 Å². The van der Waals surface area contributed by atoms with Crippen molar-refractivity contribution in [1.29, 1.82) is 0 Å². The maximum absolute atomic E-state index is 13.1. The zero-order valence-corrected chi connectivity index (χ0v) is 18.2. The first-order valence-electron chi connectivity index (χ1n) is 10.5. The number of rotatable bonds is 7. The molecule has 1 atom stereocenters. The number of aromatic nitrogens is 2. The first-order valence-corrected chi connectivity index (χ1v) is 11.4. The number of carbonyl (C=O) groups excluding carboxylic acids is 1. The number of carbonyl (C=O) groups is 1. The fraction of sp³-hybridized carbons (Fsp3) is 0.348. The van der Waals surface area contributed by atoms with Crippen LogP contribution in [0.4, 0.5) is 10.1 Å². The van der Waals surface area contributed by atoms with E-state index in [4.69, 9.17) is 4.52 Å². The molecule has 0 aliphatic carbocycles. The van der Waals surface area contributed by atoms with Gasteiger partial charge in [-0.05, 0) is 61.5 Å². The number of benzene rings is 2. The van der Waals surface area contributed by atoms with E-state index in [1.165, 1.54) is 12.1 Å². The van der Waals surface area contributed by atoms with E-state index < -0.39 is 0 Å². The van der Waals surface area contributed by atoms with Crippen LogP contribution in [-0.4, -0.2) is 39.8 Å². The van der Waals surface area contributed by atoms with Gasteiger partial charge in [-0.1, -0.05) is 24.2 Å². The molecule has 162 valence electrons. The summed E-state index contributed by atoms with van der Waals surface area (Å²) in [6.07, 6.45) is 1.79. The first-order chi connectivity index (χ1) is 15.1. The molecule has 0 bridgehead atoms. The number of nitrogens with one attached hydrogen (secondary N) is 1. The number of halogens is 1. The molecule has 2 aromatic carbocycles. The van der Waals surface area contributed by atoms with E-state index in [9.17, 15) is 9.18 Å². The number of likely N-dealkylation sites (tertiary alicyclic amines) is 1. The van der Waals surface area contributed by atoms with Gasteiger partial charge in [0.2, 0.25) is 17.6 Å². The van der Waals surface area contributed by atoms with Crippen molar-refractivity contribution < 1.29 is 13.7 Å². The maximum atomic E-state index is 13.1. The molecule has 8 heteroatoms. The van der Waals surface area contributed by atoms with Gasteiger partial charge in [0.05, 0.1) is 18.2 Å². The standard InChI is InChI=1S/C23H25FN4O2S/c1-2-31-20-8-4-3-7-19(20)25-23(29)17-6-5-13-28(14-17)15-21-26-22(27-30-21)16-9-11-18(24)12-10-16/h3-4,7-12,17H,2,5-6,13-15H2,1H3,(H,25,29). The fourth-order valence-electron chi connectivity index (χ4n) is 3.73. The predicted octanol–water partition coefficient (Wildman–Crippen LogP) is 4.84. The predicted molar refractivity (Wildman–Crippen MR) is 119 cm³/mol. The summed E-state index contributed by atoms with van der Waals surface area (Å²) < 4.78 is 18.5. The van der Waals surface area contributed by atoms with Gasteiger partial charge in [-0.15, -0.1) is 11.8 Å². The summed E-state index contributed by atoms with van der Waals surface area (Å²) in [5.74, 6) is 1.53. The van der Waals surface area contributed by atoms with Gasteiger partial charge in [0.15, 0.2) is 0 Å². The molecule has 6 nitrogen and oxygen atoms in total. The minimum Gasteiger partial charge on any atom is -0.338 e. The zero-order chi connectivity index (χ0) is 21.6. The van der Waals surface area contributed by atoms with Crippen molar-refractivity contribution in [2.75, 3.05) is 24.2 Å². The van der Waals surface area contributed by atoms with Crippen LogP contribution in [0, 0.1) is 11.7 Å². The summed E-state index contributed by atoms with van der Waals surface area (Å²) in [5, 5.41) is 7.11. The van der Waals surface area contributed by atoms with E-state index in [1.807, 2.05) is 24.3 Å². The number of anilines is 1. The third-order valence-corrected chi connectivity index (χ3v) is 6.21. The number of hydrogen-bond donors (Lipinski definition) is 1. The van der Waals surface area contributed by atoms with Crippen molar-refractivity contribution in [2.24, 2.45) is 5.92 Å². The third kappa shape index (κ3) is 5.51. The van der Waals surface area contributed by atoms with Gasteiger partial charge < -0.3 is 9.84 Å². The lowest BCUT2D eigenvalue weighted by Crippen LogP contribution is -2.40. The highest BCUT2D eigenvalue weighted by Crippen LogP contribution is 2.28. The molecule has 0 saturated carbocycles. The van der Waals surface area contributed by atoms with E-state index >= 15 is 0 Å². The Bertz CT molecular complexity index is 1020. The highest BCUT2D eigenvalue weighted by molar-refractivity contribution is 7.99. The van der Waals surface area contributed by atoms with Crippen molar-refractivity contribution in [3.63, 3.8) is 0 Å². The van der Waals surface area contributed by atoms with Crippen molar-refractivity contribution >= 4 is 23.4 Å². The van der Waals surface area contributed by atoms with E-state index in [2.05, 4.69) is 27.3 Å². The van der Waals surface area contributed by atoms with Crippen LogP contribution >= 0.6 is 11.8 Å². The number of amides is 1. The van der Waals surface area contributed by atoms with E-state index in [-0.39, 0.29) is 17.6 Å². The Kier molecular flexibility index (Phi) is 6.99. The van der Waals surface area contributed by atoms with Crippen LogP contribution in [-0.2, 0) is 11.3 Å². The molecular formula is C23H25FN4O2S. The topological polar surface area (TPSA) is 71.3 Å². The molecular weight excluding hydrogens is 415 g/mol. The summed E-state index contributed by atoms with van der Waals surface area (Å²) in [5.41, 5.74) is 1.58. The smallest absolute Gasteiger partial charge is 0.241 e. The largest absolute Gasteiger partial charge is 0.338 e. The second-order valence-corrected chi connectivity index (χ2v) is 8.82. The Hall–Kier alpha value is -2.71. The molecule has 1 aliphatic rings. The van der Waals surface area contributed by atoms with Crippen molar-refractivity contribution in [2.45, 2.75) is 31.2 Å². The first kappa shape index (κ1) is 21.5. The molecule has 31 heavy (non-hydrogen) atoms. The quantitative estimate of drug-likeness (QED) is 0.530. The monoisotopic (exact) mass is 440 g/mol. The third-order valence-electron chi connectivity index (χ3n) is 5.25. The number of piperidine rings is 1. The molecule has 1 N–H and O–H groups in total. The normalized spacial score (nSPS) is 16.9. The fourth-order valence-corrected chi connectivity index (χ4v) is 4.49. The second-order valence-electron chi connectivity index (χ2n) is 7.51. The molecule has 1 saturated heterocycles. The van der Waals surface area contributed by atoms with Crippen molar-refractivity contribution in [1.82, 2.24) is 15.0 Å². The van der Waals surface area contributed by atoms with E-state index in [0.717, 1.165) is 35.7 Å². The summed E-state index contributed by atoms with van der Waals surface area (Å²) in [4.78, 5) is 20.6. The van der Waals surface area contributed by atoms with Crippen LogP contribution in [0.2, 0.25) is 0 Å². The minimum atomic E-state index is -0.305. The van der Waals surface area contributed by atoms with Crippen LogP contribution in [0.1, 0.15) is 25.7 Å². The molecule has 1 amide bonds. The molecule has 4 rings (SSSR count). The van der Waals surface area contributed by atoms with Gasteiger partial charge in [0, 0.05) is 17.0 Å². The SMILES string of the molecule is CCSc1ccccc1NC(=O)C1CCCN(Cc2nc(-c3ccc(F)cc3)no2)C1. The highest BCUT2D eigenvalue weighted by Gasteiger charge is 2.27. The zero-order valence-electron chi connectivity index (χ0n) is 17.4. The molecule has 1 fully saturated rings. The molecule has 2 heterocycles. The number of thioether (sulfide) groups is 1. The Balaban J connectivity index is 1.37. The molecule has 1 aromatic heterocycles. The van der Waals surface area contributed by atoms with Gasteiger partial charge in [-0.2, -0.15) is 4.98 Å². The van der Waals surface area contributed by atoms with Gasteiger partial charge in [-0.25, -0.2) is 4.39 Å². The summed E-state index contributed by atoms with van der Waals surface area (Å²) >= 11 is 1.72. The lowest BCUT2D eigenvalue weighted by molar-refractivity contribution is -0.121. The summed E-state index contributed by atoms with van der Waals surface area (Å²) in [6.45, 7) is 4.10. The van der Waals surface area contributed by atoms with Crippen LogP contribution < -0.4 is 5.32 Å². The van der Waals surface area contributed by atoms with E-state index in [1.54, 1.807) is 23.9 Å². The number of hydrogen-bond acceptors (Lipinski definition) is 6. The van der Waals surface area contributed by atoms with Crippen LogP contribution in [0.25, 0.3) is 11.4 Å². The number of nitrogens with zero attached hydrogens (tertiary/aromatic N) is 3. The second kappa shape index (κ2) is 10.1. The Morgan fingerprint density at radius 1 is 1.26 bits per heavy atom. The Morgan fingerprint density at radius 3 is 2.87 bits per heavy atom. The summed E-state index contributed by atoms with van der Waals surface area (Å²) in [7, 11) is 0. The Labute approximate surface area is 185 Å². The van der Waals surface area contributed by atoms with Crippen LogP contribution in [0.15, 0.2) is 57.9 Å². The molecule has 3 aromatic rings. The lowest BCUT2D eigenvalue weighted by atomic mass is 9.97. The van der Waals surface area contributed by atoms with Gasteiger partial charge in [0.1, 0.15) is 5.82 Å². The molecule has 0 radical (unpaired) electrons. The lowest BCUT2D eigenvalue weighted by Gasteiger charge is -2.31. The summed E-state index contributed by atoms with van der Waals surface area (Å²) in [6, 6.07) is 13.9. The van der Waals surface area contributed by atoms with Gasteiger partial charge in [-0.3, -0.25) is 9.69 Å².